The highest BCUT2D eigenvalue weighted by molar-refractivity contribution is 6.87. The molecule has 0 spiro atoms. The molecule has 0 saturated carbocycles. The van der Waals surface area contributed by atoms with Gasteiger partial charge in [0.15, 0.2) is 16.6 Å². The Labute approximate surface area is 275 Å². The zero-order valence-corrected chi connectivity index (χ0v) is 31.4. The summed E-state index contributed by atoms with van der Waals surface area (Å²) >= 11 is 0. The molecule has 0 aliphatic carbocycles. The summed E-state index contributed by atoms with van der Waals surface area (Å²) in [4.78, 5) is 37.9. The molecule has 3 N–H and O–H groups in total. The fourth-order valence-electron chi connectivity index (χ4n) is 4.66. The minimum absolute atomic E-state index is 0.301. The maximum absolute atomic E-state index is 12.1. The molecule has 0 fully saturated rings. The van der Waals surface area contributed by atoms with Gasteiger partial charge in [0.05, 0.1) is 24.3 Å². The molecule has 0 radical (unpaired) electrons. The summed E-state index contributed by atoms with van der Waals surface area (Å²) in [5.41, 5.74) is 2.27. The number of nitrogens with zero attached hydrogens (tertiary/aromatic N) is 3. The van der Waals surface area contributed by atoms with Crippen LogP contribution in [0.4, 0.5) is 29.2 Å². The van der Waals surface area contributed by atoms with Gasteiger partial charge in [-0.15, -0.1) is 0 Å². The number of rotatable bonds is 17. The lowest BCUT2D eigenvalue weighted by Crippen LogP contribution is -2.52. The molecule has 0 atom stereocenters. The number of benzene rings is 2. The molecule has 250 valence electrons. The molecule has 2 aromatic carbocycles. The van der Waals surface area contributed by atoms with Crippen LogP contribution in [-0.4, -0.2) is 71.8 Å². The van der Waals surface area contributed by atoms with Crippen LogP contribution in [0, 0.1) is 0 Å². The first-order valence-corrected chi connectivity index (χ1v) is 24.9. The zero-order chi connectivity index (χ0) is 34.0. The third-order valence-electron chi connectivity index (χ3n) is 6.07. The Morgan fingerprint density at radius 1 is 0.630 bits per heavy atom. The van der Waals surface area contributed by atoms with E-state index in [0.717, 1.165) is 12.5 Å². The van der Waals surface area contributed by atoms with Gasteiger partial charge in [0, 0.05) is 17.9 Å². The number of nitrogens with one attached hydrogen (secondary N) is 3. The number of hydrogen-bond acceptors (Lipinski definition) is 12. The third kappa shape index (κ3) is 12.6. The van der Waals surface area contributed by atoms with Crippen LogP contribution in [0.1, 0.15) is 41.0 Å². The fraction of sp³-hybridized carbons (Fsp3) is 0.452. The lowest BCUT2D eigenvalue weighted by atomic mass is 10.2. The van der Waals surface area contributed by atoms with Crippen LogP contribution in [0.25, 0.3) is 0 Å². The molecule has 0 aliphatic rings. The van der Waals surface area contributed by atoms with Gasteiger partial charge in [0.1, 0.15) is 0 Å². The molecular weight excluding hydrogens is 637 g/mol. The lowest BCUT2D eigenvalue weighted by Gasteiger charge is -2.38. The molecule has 12 nitrogen and oxygen atoms in total. The van der Waals surface area contributed by atoms with Gasteiger partial charge >= 0.3 is 20.5 Å². The molecule has 0 saturated heterocycles. The molecule has 0 aliphatic heterocycles. The van der Waals surface area contributed by atoms with Crippen LogP contribution in [-0.2, 0) is 17.7 Å². The first-order chi connectivity index (χ1) is 21.6. The Morgan fingerprint density at radius 2 is 1.02 bits per heavy atom. The highest BCUT2D eigenvalue weighted by Gasteiger charge is 2.39. The van der Waals surface area contributed by atoms with Crippen molar-refractivity contribution >= 4 is 66.4 Å². The van der Waals surface area contributed by atoms with Gasteiger partial charge in [-0.25, -0.2) is 9.59 Å². The molecule has 0 unspecified atom stereocenters. The van der Waals surface area contributed by atoms with Crippen molar-refractivity contribution in [3.63, 3.8) is 0 Å². The molecule has 1 heterocycles. The first-order valence-electron chi connectivity index (χ1n) is 15.6. The Morgan fingerprint density at radius 3 is 1.39 bits per heavy atom. The van der Waals surface area contributed by atoms with Crippen LogP contribution < -0.4 is 16.0 Å². The lowest BCUT2D eigenvalue weighted by molar-refractivity contribution is 0.0517. The van der Waals surface area contributed by atoms with E-state index in [9.17, 15) is 9.59 Å². The number of anilines is 5. The summed E-state index contributed by atoms with van der Waals surface area (Å²) in [6, 6.07) is 14.6. The van der Waals surface area contributed by atoms with E-state index in [1.54, 1.807) is 62.4 Å². The van der Waals surface area contributed by atoms with Crippen molar-refractivity contribution in [3.05, 3.63) is 59.7 Å². The normalized spacial score (nSPS) is 11.9. The van der Waals surface area contributed by atoms with Crippen LogP contribution in [0.5, 0.6) is 0 Å². The minimum atomic E-state index is -2.38. The highest BCUT2D eigenvalue weighted by atomic mass is 28.5. The van der Waals surface area contributed by atoms with Gasteiger partial charge in [-0.1, -0.05) is 0 Å². The van der Waals surface area contributed by atoms with Crippen molar-refractivity contribution in [2.24, 2.45) is 0 Å². The van der Waals surface area contributed by atoms with Crippen molar-refractivity contribution < 1.29 is 27.3 Å². The zero-order valence-electron chi connectivity index (χ0n) is 28.4. The third-order valence-corrected chi connectivity index (χ3v) is 15.7. The SMILES string of the molecule is CCOC(=O)c1ccc(Nc2nc(NCCC[Si](C)(O[Si](C)(C)C)O[Si](C)(C)C)nc(Nc3ccc(C(=O)OCC)cc3)n2)cc1. The standard InChI is InChI=1S/C31H48N6O6Si3/c1-10-40-27(38)23-13-17-25(18-14-23)33-30-35-29(32-21-12-22-46(9,42-44(3,4)5)43-45(6,7)8)36-31(37-30)34-26-19-15-24(16-20-26)28(39)41-11-2/h13-20H,10-12,21-22H2,1-9H3,(H3,32,33,34,35,36,37). The van der Waals surface area contributed by atoms with Crippen molar-refractivity contribution in [2.45, 2.75) is 72.1 Å². The maximum Gasteiger partial charge on any atom is 0.338 e. The van der Waals surface area contributed by atoms with E-state index in [1.165, 1.54) is 0 Å². The second-order valence-electron chi connectivity index (χ2n) is 12.7. The summed E-state index contributed by atoms with van der Waals surface area (Å²) in [7, 11) is -5.97. The summed E-state index contributed by atoms with van der Waals surface area (Å²) in [5.74, 6) is 0.217. The largest absolute Gasteiger partial charge is 0.462 e. The van der Waals surface area contributed by atoms with Gasteiger partial charge in [0.2, 0.25) is 17.8 Å². The first kappa shape index (κ1) is 36.8. The van der Waals surface area contributed by atoms with Crippen molar-refractivity contribution in [1.29, 1.82) is 0 Å². The predicted octanol–water partition coefficient (Wildman–Crippen LogP) is 7.29. The second kappa shape index (κ2) is 16.3. The Bertz CT molecular complexity index is 1350. The highest BCUT2D eigenvalue weighted by Crippen LogP contribution is 2.26. The summed E-state index contributed by atoms with van der Waals surface area (Å²) in [5, 5.41) is 9.73. The Kier molecular flexibility index (Phi) is 13.0. The average molecular weight is 685 g/mol. The van der Waals surface area contributed by atoms with Gasteiger partial charge < -0.3 is 33.7 Å². The van der Waals surface area contributed by atoms with E-state index >= 15 is 0 Å². The molecule has 3 aromatic rings. The fourth-order valence-corrected chi connectivity index (χ4v) is 17.2. The van der Waals surface area contributed by atoms with Gasteiger partial charge in [-0.3, -0.25) is 0 Å². The second-order valence-corrected chi connectivity index (χ2v) is 25.6. The number of ether oxygens (including phenoxy) is 2. The van der Waals surface area contributed by atoms with Crippen LogP contribution in [0.2, 0.25) is 51.9 Å². The van der Waals surface area contributed by atoms with Gasteiger partial charge in [-0.05, 0) is 121 Å². The minimum Gasteiger partial charge on any atom is -0.462 e. The van der Waals surface area contributed by atoms with Gasteiger partial charge in [-0.2, -0.15) is 15.0 Å². The summed E-state index contributed by atoms with van der Waals surface area (Å²) < 4.78 is 23.4. The molecule has 15 heteroatoms. The van der Waals surface area contributed by atoms with E-state index in [4.69, 9.17) is 17.7 Å². The Hall–Kier alpha value is -3.64. The average Bonchev–Trinajstić information content (AvgIpc) is 2.94. The number of carbonyl (C=O) groups is 2. The van der Waals surface area contributed by atoms with E-state index < -0.39 is 25.2 Å². The summed E-state index contributed by atoms with van der Waals surface area (Å²) in [6.07, 6.45) is 0.819. The van der Waals surface area contributed by atoms with Gasteiger partial charge in [0.25, 0.3) is 0 Å². The van der Waals surface area contributed by atoms with Crippen LogP contribution in [0.3, 0.4) is 0 Å². The Balaban J connectivity index is 1.79. The quantitative estimate of drug-likeness (QED) is 0.0746. The number of hydrogen-bond donors (Lipinski definition) is 3. The molecule has 1 aromatic heterocycles. The molecular formula is C31H48N6O6Si3. The summed E-state index contributed by atoms with van der Waals surface area (Å²) in [6.45, 7) is 20.1. The van der Waals surface area contributed by atoms with Crippen molar-refractivity contribution in [3.8, 4) is 0 Å². The van der Waals surface area contributed by atoms with Crippen molar-refractivity contribution in [2.75, 3.05) is 35.7 Å². The van der Waals surface area contributed by atoms with Crippen LogP contribution in [0.15, 0.2) is 48.5 Å². The maximum atomic E-state index is 12.1. The van der Waals surface area contributed by atoms with Crippen LogP contribution >= 0.6 is 0 Å². The van der Waals surface area contributed by atoms with E-state index in [0.29, 0.717) is 60.1 Å². The number of carbonyl (C=O) groups excluding carboxylic acids is 2. The molecule has 3 rings (SSSR count). The van der Waals surface area contributed by atoms with E-state index in [1.807, 2.05) is 0 Å². The van der Waals surface area contributed by atoms with E-state index in [-0.39, 0.29) is 11.9 Å². The molecule has 0 bridgehead atoms. The monoisotopic (exact) mass is 684 g/mol. The predicted molar refractivity (Wildman–Crippen MR) is 190 cm³/mol. The smallest absolute Gasteiger partial charge is 0.338 e. The molecule has 46 heavy (non-hydrogen) atoms. The molecule has 0 amide bonds. The number of aromatic nitrogens is 3. The topological polar surface area (TPSA) is 146 Å². The van der Waals surface area contributed by atoms with Crippen molar-refractivity contribution in [1.82, 2.24) is 15.0 Å². The number of esters is 2. The van der Waals surface area contributed by atoms with E-state index in [2.05, 4.69) is 76.7 Å².